The van der Waals surface area contributed by atoms with Crippen molar-refractivity contribution in [1.82, 2.24) is 19.5 Å². The van der Waals surface area contributed by atoms with Gasteiger partial charge in [0.1, 0.15) is 5.82 Å². The molecule has 3 heterocycles. The molecule has 1 aliphatic heterocycles. The lowest BCUT2D eigenvalue weighted by atomic mass is 10.1. The number of imidazole rings is 1. The smallest absolute Gasteiger partial charge is 0.300 e. The summed E-state index contributed by atoms with van der Waals surface area (Å²) in [5.74, 6) is 1.49. The molecule has 0 saturated heterocycles. The van der Waals surface area contributed by atoms with Crippen molar-refractivity contribution in [1.29, 1.82) is 0 Å². The van der Waals surface area contributed by atoms with Gasteiger partial charge < -0.3 is 10.3 Å². The third kappa shape index (κ3) is 1.91. The fourth-order valence-electron chi connectivity index (χ4n) is 3.91. The Morgan fingerprint density at radius 2 is 2.04 bits per heavy atom. The number of hydrogen-bond donors (Lipinski definition) is 2. The predicted molar refractivity (Wildman–Crippen MR) is 87.7 cm³/mol. The van der Waals surface area contributed by atoms with Crippen molar-refractivity contribution in [3.8, 4) is 0 Å². The van der Waals surface area contributed by atoms with Gasteiger partial charge >= 0.3 is 5.56 Å². The molecule has 2 N–H and O–H groups in total. The Morgan fingerprint density at radius 3 is 2.91 bits per heavy atom. The van der Waals surface area contributed by atoms with Crippen LogP contribution in [0.1, 0.15) is 36.7 Å². The van der Waals surface area contributed by atoms with Crippen molar-refractivity contribution in [2.24, 2.45) is 0 Å². The molecule has 0 bridgehead atoms. The van der Waals surface area contributed by atoms with E-state index in [9.17, 15) is 4.79 Å². The van der Waals surface area contributed by atoms with E-state index in [1.165, 1.54) is 12.0 Å². The Kier molecular flexibility index (Phi) is 2.62. The van der Waals surface area contributed by atoms with Crippen LogP contribution in [-0.4, -0.2) is 25.6 Å². The van der Waals surface area contributed by atoms with Gasteiger partial charge in [0.15, 0.2) is 11.2 Å². The van der Waals surface area contributed by atoms with Gasteiger partial charge in [-0.2, -0.15) is 4.98 Å². The first-order valence-corrected chi connectivity index (χ1v) is 8.11. The number of aromatic amines is 1. The summed E-state index contributed by atoms with van der Waals surface area (Å²) in [7, 11) is 0. The number of hydrogen-bond acceptors (Lipinski definition) is 4. The van der Waals surface area contributed by atoms with Crippen LogP contribution in [0.5, 0.6) is 0 Å². The average molecular weight is 307 g/mol. The van der Waals surface area contributed by atoms with E-state index in [4.69, 9.17) is 4.98 Å². The molecule has 116 valence electrons. The van der Waals surface area contributed by atoms with Crippen molar-refractivity contribution in [2.75, 3.05) is 5.32 Å². The largest absolute Gasteiger partial charge is 0.351 e. The summed E-state index contributed by atoms with van der Waals surface area (Å²) in [4.78, 5) is 24.4. The topological polar surface area (TPSA) is 75.6 Å². The Hall–Kier alpha value is -2.63. The van der Waals surface area contributed by atoms with Gasteiger partial charge in [-0.25, -0.2) is 4.98 Å². The molecule has 2 aliphatic rings. The van der Waals surface area contributed by atoms with Crippen LogP contribution in [0, 0.1) is 0 Å². The van der Waals surface area contributed by atoms with Crippen molar-refractivity contribution < 1.29 is 0 Å². The molecular formula is C17H17N5O. The first-order valence-electron chi connectivity index (χ1n) is 8.11. The third-order valence-electron chi connectivity index (χ3n) is 4.95. The number of nitrogens with zero attached hydrogens (tertiary/aromatic N) is 3. The van der Waals surface area contributed by atoms with Crippen LogP contribution in [-0.2, 0) is 6.42 Å². The van der Waals surface area contributed by atoms with Crippen molar-refractivity contribution in [2.45, 2.75) is 37.8 Å². The summed E-state index contributed by atoms with van der Waals surface area (Å²) in [6.07, 6.45) is 4.14. The van der Waals surface area contributed by atoms with E-state index in [-0.39, 0.29) is 5.56 Å². The lowest BCUT2D eigenvalue weighted by Crippen LogP contribution is -2.15. The van der Waals surface area contributed by atoms with Crippen molar-refractivity contribution in [3.63, 3.8) is 0 Å². The molecule has 6 heteroatoms. The maximum Gasteiger partial charge on any atom is 0.300 e. The number of rotatable bonds is 2. The van der Waals surface area contributed by atoms with Gasteiger partial charge in [-0.05, 0) is 24.8 Å². The molecule has 1 saturated carbocycles. The molecule has 2 atom stereocenters. The molecule has 5 rings (SSSR count). The zero-order valence-corrected chi connectivity index (χ0v) is 12.6. The first kappa shape index (κ1) is 12.9. The van der Waals surface area contributed by atoms with Gasteiger partial charge in [0, 0.05) is 12.5 Å². The molecule has 3 aromatic rings. The summed E-state index contributed by atoms with van der Waals surface area (Å²) in [5.41, 5.74) is 2.21. The van der Waals surface area contributed by atoms with Crippen LogP contribution in [0.4, 0.5) is 5.95 Å². The second-order valence-electron chi connectivity index (χ2n) is 6.40. The summed E-state index contributed by atoms with van der Waals surface area (Å²) >= 11 is 0. The lowest BCUT2D eigenvalue weighted by molar-refractivity contribution is 0.542. The van der Waals surface area contributed by atoms with Crippen molar-refractivity contribution in [3.05, 3.63) is 52.1 Å². The highest BCUT2D eigenvalue weighted by molar-refractivity contribution is 5.73. The summed E-state index contributed by atoms with van der Waals surface area (Å²) in [5, 5.41) is 3.39. The van der Waals surface area contributed by atoms with Crippen LogP contribution in [0.2, 0.25) is 0 Å². The van der Waals surface area contributed by atoms with E-state index < -0.39 is 0 Å². The molecule has 0 amide bonds. The molecule has 1 fully saturated rings. The predicted octanol–water partition coefficient (Wildman–Crippen LogP) is 2.23. The highest BCUT2D eigenvalue weighted by Gasteiger charge is 2.38. The Bertz CT molecular complexity index is 943. The van der Waals surface area contributed by atoms with Crippen LogP contribution in [0.15, 0.2) is 35.1 Å². The van der Waals surface area contributed by atoms with Gasteiger partial charge in [0.25, 0.3) is 0 Å². The van der Waals surface area contributed by atoms with Gasteiger partial charge in [0.05, 0.1) is 6.04 Å². The molecule has 6 nitrogen and oxygen atoms in total. The first-order chi connectivity index (χ1) is 11.3. The molecule has 0 radical (unpaired) electrons. The summed E-state index contributed by atoms with van der Waals surface area (Å²) < 4.78 is 2.12. The quantitative estimate of drug-likeness (QED) is 0.761. The Labute approximate surface area is 132 Å². The minimum Gasteiger partial charge on any atom is -0.351 e. The standard InChI is InChI=1S/C17H17N5O/c23-16-14-15(20-13(19-14)9-10-5-2-1-3-6-10)22-12-8-4-7-11(12)18-17(22)21-16/h1-3,5-6,11-12H,4,7-9H2,(H,19,20)(H,18,21,23). The van der Waals surface area contributed by atoms with E-state index in [0.29, 0.717) is 30.0 Å². The third-order valence-corrected chi connectivity index (χ3v) is 4.95. The highest BCUT2D eigenvalue weighted by Crippen LogP contribution is 2.40. The van der Waals surface area contributed by atoms with E-state index in [0.717, 1.165) is 24.3 Å². The van der Waals surface area contributed by atoms with Gasteiger partial charge in [-0.3, -0.25) is 9.36 Å². The summed E-state index contributed by atoms with van der Waals surface area (Å²) in [6, 6.07) is 10.9. The van der Waals surface area contributed by atoms with Gasteiger partial charge in [0.2, 0.25) is 5.95 Å². The molecular weight excluding hydrogens is 290 g/mol. The molecule has 1 aromatic carbocycles. The monoisotopic (exact) mass is 307 g/mol. The molecule has 23 heavy (non-hydrogen) atoms. The fourth-order valence-corrected chi connectivity index (χ4v) is 3.91. The van der Waals surface area contributed by atoms with E-state index in [1.54, 1.807) is 0 Å². The van der Waals surface area contributed by atoms with Crippen molar-refractivity contribution >= 4 is 17.1 Å². The van der Waals surface area contributed by atoms with Crippen LogP contribution >= 0.6 is 0 Å². The van der Waals surface area contributed by atoms with E-state index in [1.807, 2.05) is 18.2 Å². The molecule has 2 unspecified atom stereocenters. The molecule has 0 spiro atoms. The van der Waals surface area contributed by atoms with Crippen LogP contribution in [0.25, 0.3) is 11.2 Å². The number of anilines is 1. The number of H-pyrrole nitrogens is 1. The molecule has 2 aromatic heterocycles. The second-order valence-corrected chi connectivity index (χ2v) is 6.40. The lowest BCUT2D eigenvalue weighted by Gasteiger charge is -2.11. The number of benzene rings is 1. The maximum atomic E-state index is 12.3. The van der Waals surface area contributed by atoms with Crippen LogP contribution < -0.4 is 10.9 Å². The van der Waals surface area contributed by atoms with E-state index >= 15 is 0 Å². The zero-order chi connectivity index (χ0) is 15.4. The van der Waals surface area contributed by atoms with E-state index in [2.05, 4.69) is 32.0 Å². The summed E-state index contributed by atoms with van der Waals surface area (Å²) in [6.45, 7) is 0. The van der Waals surface area contributed by atoms with Gasteiger partial charge in [-0.15, -0.1) is 0 Å². The molecule has 1 aliphatic carbocycles. The Morgan fingerprint density at radius 1 is 1.17 bits per heavy atom. The normalized spacial score (nSPS) is 22.1. The number of nitrogens with one attached hydrogen (secondary N) is 2. The SMILES string of the molecule is O=c1nc2n(c3nc(Cc4ccccc4)[nH]c13)C1CCCC1N2. The minimum atomic E-state index is -0.231. The zero-order valence-electron chi connectivity index (χ0n) is 12.6. The maximum absolute atomic E-state index is 12.3. The fraction of sp³-hybridized carbons (Fsp3) is 0.353. The second kappa shape index (κ2) is 4.68. The minimum absolute atomic E-state index is 0.231. The van der Waals surface area contributed by atoms with Crippen LogP contribution in [0.3, 0.4) is 0 Å². The average Bonchev–Trinajstić information content (AvgIpc) is 3.22. The number of aromatic nitrogens is 4. The number of fused-ring (bicyclic) bond motifs is 5. The Balaban J connectivity index is 1.64. The highest BCUT2D eigenvalue weighted by atomic mass is 16.1. The van der Waals surface area contributed by atoms with Gasteiger partial charge in [-0.1, -0.05) is 30.3 Å².